The molecule has 0 aliphatic heterocycles. The van der Waals surface area contributed by atoms with Gasteiger partial charge in [-0.25, -0.2) is 25.1 Å². The summed E-state index contributed by atoms with van der Waals surface area (Å²) >= 11 is 0. The van der Waals surface area contributed by atoms with Crippen molar-refractivity contribution in [1.29, 1.82) is 0 Å². The van der Waals surface area contributed by atoms with Crippen molar-refractivity contribution < 1.29 is 28.4 Å². The Labute approximate surface area is 243 Å². The maximum absolute atomic E-state index is 14.4. The summed E-state index contributed by atoms with van der Waals surface area (Å²) in [5.41, 5.74) is 5.64. The molecular formula is C27H48N7O6P. The Hall–Kier alpha value is -2.60. The number of anilines is 1. The molecule has 0 fully saturated rings. The van der Waals surface area contributed by atoms with Crippen molar-refractivity contribution >= 4 is 36.4 Å². The number of nitrogens with zero attached hydrogens (tertiary/aromatic N) is 4. The van der Waals surface area contributed by atoms with E-state index < -0.39 is 37.1 Å². The average Bonchev–Trinajstić information content (AvgIpc) is 3.28. The summed E-state index contributed by atoms with van der Waals surface area (Å²) in [5.74, 6) is -0.727. The Bertz CT molecular complexity index is 1190. The van der Waals surface area contributed by atoms with Crippen LogP contribution in [-0.4, -0.2) is 68.2 Å². The first-order valence-corrected chi connectivity index (χ1v) is 16.1. The Balaban J connectivity index is 2.21. The first kappa shape index (κ1) is 34.6. The molecule has 0 spiro atoms. The zero-order valence-electron chi connectivity index (χ0n) is 25.7. The molecule has 0 saturated heterocycles. The lowest BCUT2D eigenvalue weighted by molar-refractivity contribution is -0.150. The molecule has 2 aromatic heterocycles. The van der Waals surface area contributed by atoms with E-state index in [0.29, 0.717) is 17.7 Å². The minimum absolute atomic E-state index is 0.00111. The first-order chi connectivity index (χ1) is 19.2. The number of unbranched alkanes of at least 4 members (excludes halogenated alkanes) is 2. The first-order valence-electron chi connectivity index (χ1n) is 14.2. The van der Waals surface area contributed by atoms with E-state index in [4.69, 9.17) is 19.9 Å². The molecule has 0 aromatic carbocycles. The summed E-state index contributed by atoms with van der Waals surface area (Å²) in [7, 11) is -3.64. The van der Waals surface area contributed by atoms with E-state index in [2.05, 4.69) is 32.1 Å². The number of aromatic nitrogens is 4. The smallest absolute Gasteiger partial charge is 0.326 e. The van der Waals surface area contributed by atoms with Crippen molar-refractivity contribution in [3.05, 3.63) is 12.7 Å². The predicted octanol–water partition coefficient (Wildman–Crippen LogP) is 4.02. The number of fused-ring (bicyclic) bond motifs is 1. The van der Waals surface area contributed by atoms with Gasteiger partial charge >= 0.3 is 11.9 Å². The topological polar surface area (TPSA) is 173 Å². The van der Waals surface area contributed by atoms with E-state index in [-0.39, 0.29) is 37.2 Å². The number of hydrogen-bond donors (Lipinski definition) is 3. The van der Waals surface area contributed by atoms with Crippen molar-refractivity contribution in [2.45, 2.75) is 111 Å². The molecule has 2 heterocycles. The van der Waals surface area contributed by atoms with Gasteiger partial charge in [-0.2, -0.15) is 0 Å². The number of nitrogens with two attached hydrogens (primary N) is 1. The quantitative estimate of drug-likeness (QED) is 0.128. The monoisotopic (exact) mass is 597 g/mol. The molecule has 2 aromatic rings. The van der Waals surface area contributed by atoms with Gasteiger partial charge in [0.2, 0.25) is 7.44 Å². The average molecular weight is 598 g/mol. The summed E-state index contributed by atoms with van der Waals surface area (Å²) in [5, 5.41) is 6.12. The Morgan fingerprint density at radius 1 is 1.12 bits per heavy atom. The van der Waals surface area contributed by atoms with Crippen LogP contribution in [0.5, 0.6) is 0 Å². The van der Waals surface area contributed by atoms with Crippen molar-refractivity contribution in [3.63, 3.8) is 0 Å². The zero-order chi connectivity index (χ0) is 30.8. The van der Waals surface area contributed by atoms with Crippen LogP contribution in [0.2, 0.25) is 0 Å². The van der Waals surface area contributed by atoms with Gasteiger partial charge in [0.1, 0.15) is 23.7 Å². The van der Waals surface area contributed by atoms with Crippen LogP contribution in [0.25, 0.3) is 11.2 Å². The fourth-order valence-corrected chi connectivity index (χ4v) is 6.67. The predicted molar refractivity (Wildman–Crippen MR) is 158 cm³/mol. The molecule has 0 saturated carbocycles. The number of hydrogen-bond acceptors (Lipinski definition) is 10. The number of carbonyl (C=O) groups excluding carboxylic acids is 2. The van der Waals surface area contributed by atoms with Crippen molar-refractivity contribution in [2.24, 2.45) is 5.92 Å². The minimum atomic E-state index is -3.64. The molecule has 0 aliphatic rings. The summed E-state index contributed by atoms with van der Waals surface area (Å²) < 4.78 is 33.1. The highest BCUT2D eigenvalue weighted by Gasteiger charge is 2.39. The Morgan fingerprint density at radius 2 is 1.83 bits per heavy atom. The van der Waals surface area contributed by atoms with Gasteiger partial charge < -0.3 is 24.5 Å². The number of rotatable bonds is 18. The van der Waals surface area contributed by atoms with Gasteiger partial charge in [-0.05, 0) is 47.0 Å². The summed E-state index contributed by atoms with van der Waals surface area (Å²) in [6.45, 7) is 15.1. The fourth-order valence-electron chi connectivity index (χ4n) is 4.08. The molecule has 4 N–H and O–H groups in total. The molecule has 0 radical (unpaired) electrons. The van der Waals surface area contributed by atoms with Gasteiger partial charge in [0, 0.05) is 6.04 Å². The van der Waals surface area contributed by atoms with Gasteiger partial charge in [-0.15, -0.1) is 0 Å². The zero-order valence-corrected chi connectivity index (χ0v) is 26.6. The molecule has 0 amide bonds. The number of carbonyl (C=O) groups is 2. The van der Waals surface area contributed by atoms with E-state index in [0.717, 1.165) is 19.3 Å². The molecule has 14 heteroatoms. The Kier molecular flexibility index (Phi) is 13.1. The van der Waals surface area contributed by atoms with E-state index in [9.17, 15) is 14.2 Å². The van der Waals surface area contributed by atoms with Gasteiger partial charge in [-0.1, -0.05) is 33.6 Å². The largest absolute Gasteiger partial charge is 0.464 e. The maximum atomic E-state index is 14.4. The normalized spacial score (nSPS) is 15.2. The number of nitrogen functional groups attached to an aromatic ring is 1. The van der Waals surface area contributed by atoms with Crippen molar-refractivity contribution in [3.8, 4) is 0 Å². The molecule has 1 unspecified atom stereocenters. The van der Waals surface area contributed by atoms with E-state index in [1.54, 1.807) is 38.6 Å². The summed E-state index contributed by atoms with van der Waals surface area (Å²) in [6, 6.07) is -0.507. The third-order valence-electron chi connectivity index (χ3n) is 6.31. The van der Waals surface area contributed by atoms with Crippen LogP contribution in [0.4, 0.5) is 5.82 Å². The van der Waals surface area contributed by atoms with Gasteiger partial charge in [0.15, 0.2) is 11.5 Å². The molecule has 0 aliphatic carbocycles. The maximum Gasteiger partial charge on any atom is 0.326 e. The lowest BCUT2D eigenvalue weighted by Crippen LogP contribution is -2.50. The van der Waals surface area contributed by atoms with Crippen molar-refractivity contribution in [1.82, 2.24) is 29.7 Å². The van der Waals surface area contributed by atoms with Crippen LogP contribution in [0.15, 0.2) is 12.7 Å². The van der Waals surface area contributed by atoms with Gasteiger partial charge in [0.05, 0.1) is 38.1 Å². The SMILES string of the molecule is CCCCCOC(=O)C(C)(C)N[P@](=O)(CO[C@H](C)Cn1cnc2c(N)ncnc21)NC(CC(=O)OC(C)C)C(C)C. The number of ether oxygens (including phenoxy) is 3. The standard InChI is InChI=1S/C27H48N7O6P/c1-9-10-11-12-38-26(36)27(7,8)33-41(37,32-21(18(2)3)13-22(35)40-19(4)5)17-39-20(6)14-34-16-31-23-24(28)29-15-30-25(23)34/h15-16,18-21H,9-14,17H2,1-8H3,(H2,28,29,30)(H2,32,33,37)/t20-,21?,41+/m1/s1. The Morgan fingerprint density at radius 3 is 2.46 bits per heavy atom. The van der Waals surface area contributed by atoms with Crippen LogP contribution in [0, 0.1) is 5.92 Å². The number of nitrogens with one attached hydrogen (secondary N) is 2. The van der Waals surface area contributed by atoms with Gasteiger partial charge in [0.25, 0.3) is 0 Å². The molecular weight excluding hydrogens is 549 g/mol. The third-order valence-corrected chi connectivity index (χ3v) is 8.49. The lowest BCUT2D eigenvalue weighted by Gasteiger charge is -2.34. The second-order valence-electron chi connectivity index (χ2n) is 11.5. The highest BCUT2D eigenvalue weighted by atomic mass is 31.2. The van der Waals surface area contributed by atoms with Crippen molar-refractivity contribution in [2.75, 3.05) is 18.7 Å². The highest BCUT2D eigenvalue weighted by Crippen LogP contribution is 2.41. The van der Waals surface area contributed by atoms with Gasteiger partial charge in [-0.3, -0.25) is 14.2 Å². The molecule has 2 rings (SSSR count). The second kappa shape index (κ2) is 15.6. The number of imidazole rings is 1. The molecule has 13 nitrogen and oxygen atoms in total. The molecule has 232 valence electrons. The van der Waals surface area contributed by atoms with E-state index in [1.807, 2.05) is 20.8 Å². The van der Waals surface area contributed by atoms with E-state index in [1.165, 1.54) is 6.33 Å². The third kappa shape index (κ3) is 11.0. The minimum Gasteiger partial charge on any atom is -0.464 e. The highest BCUT2D eigenvalue weighted by molar-refractivity contribution is 7.59. The summed E-state index contributed by atoms with van der Waals surface area (Å²) in [4.78, 5) is 37.9. The number of esters is 2. The molecule has 0 bridgehead atoms. The fraction of sp³-hybridized carbons (Fsp3) is 0.741. The van der Waals surface area contributed by atoms with Crippen LogP contribution in [0.1, 0.15) is 81.1 Å². The van der Waals surface area contributed by atoms with Crippen LogP contribution >= 0.6 is 7.44 Å². The second-order valence-corrected chi connectivity index (χ2v) is 13.7. The molecule has 41 heavy (non-hydrogen) atoms. The van der Waals surface area contributed by atoms with Crippen LogP contribution < -0.4 is 15.9 Å². The van der Waals surface area contributed by atoms with E-state index >= 15 is 0 Å². The lowest BCUT2D eigenvalue weighted by atomic mass is 10.0. The summed E-state index contributed by atoms with van der Waals surface area (Å²) in [6.07, 6.45) is 4.70. The van der Waals surface area contributed by atoms with Crippen LogP contribution in [-0.2, 0) is 34.9 Å². The molecule has 3 atom stereocenters. The van der Waals surface area contributed by atoms with Crippen LogP contribution in [0.3, 0.4) is 0 Å².